The first-order valence-corrected chi connectivity index (χ1v) is 6.58. The fourth-order valence-corrected chi connectivity index (χ4v) is 3.55. The zero-order chi connectivity index (χ0) is 14.6. The van der Waals surface area contributed by atoms with Crippen molar-refractivity contribution >= 4 is 11.8 Å². The van der Waals surface area contributed by atoms with E-state index in [0.717, 1.165) is 5.57 Å². The van der Waals surface area contributed by atoms with Gasteiger partial charge in [0.15, 0.2) is 5.78 Å². The van der Waals surface area contributed by atoms with Crippen molar-refractivity contribution in [3.8, 4) is 0 Å². The van der Waals surface area contributed by atoms with Gasteiger partial charge in [0.2, 0.25) is 0 Å². The molecule has 0 bridgehead atoms. The van der Waals surface area contributed by atoms with E-state index < -0.39 is 30.0 Å². The van der Waals surface area contributed by atoms with Gasteiger partial charge in [-0.3, -0.25) is 4.79 Å². The van der Waals surface area contributed by atoms with Crippen LogP contribution in [0.15, 0.2) is 34.9 Å². The number of hydrogen-bond acceptors (Lipinski definition) is 5. The van der Waals surface area contributed by atoms with Crippen molar-refractivity contribution in [3.63, 3.8) is 0 Å². The Balaban J connectivity index is 2.13. The zero-order valence-corrected chi connectivity index (χ0v) is 11.1. The van der Waals surface area contributed by atoms with Gasteiger partial charge in [-0.2, -0.15) is 0 Å². The van der Waals surface area contributed by atoms with E-state index in [1.54, 1.807) is 6.92 Å². The molecule has 106 valence electrons. The highest BCUT2D eigenvalue weighted by Gasteiger charge is 2.52. The Hall–Kier alpha value is -1.72. The van der Waals surface area contributed by atoms with Crippen molar-refractivity contribution in [2.24, 2.45) is 11.8 Å². The minimum absolute atomic E-state index is 0.169. The van der Waals surface area contributed by atoms with E-state index in [1.165, 1.54) is 6.08 Å². The van der Waals surface area contributed by atoms with Crippen LogP contribution in [0, 0.1) is 11.8 Å². The van der Waals surface area contributed by atoms with Gasteiger partial charge in [-0.05, 0) is 25.0 Å². The number of aliphatic hydroxyl groups is 2. The minimum atomic E-state index is -0.801. The fourth-order valence-electron chi connectivity index (χ4n) is 3.55. The molecule has 20 heavy (non-hydrogen) atoms. The number of rotatable bonds is 1. The molecular formula is C15H16O5. The first-order chi connectivity index (χ1) is 9.45. The molecule has 0 spiro atoms. The van der Waals surface area contributed by atoms with Crippen LogP contribution in [-0.4, -0.2) is 40.8 Å². The number of ether oxygens (including phenoxy) is 1. The molecule has 1 heterocycles. The molecule has 3 rings (SSSR count). The average molecular weight is 276 g/mol. The van der Waals surface area contributed by atoms with E-state index in [-0.39, 0.29) is 18.0 Å². The lowest BCUT2D eigenvalue weighted by Crippen LogP contribution is -2.34. The fraction of sp³-hybridized carbons (Fsp3) is 0.467. The van der Waals surface area contributed by atoms with Gasteiger partial charge >= 0.3 is 5.97 Å². The van der Waals surface area contributed by atoms with Crippen LogP contribution in [0.25, 0.3) is 0 Å². The van der Waals surface area contributed by atoms with Gasteiger partial charge in [0.05, 0.1) is 18.6 Å². The van der Waals surface area contributed by atoms with Crippen LogP contribution in [0.5, 0.6) is 0 Å². The van der Waals surface area contributed by atoms with E-state index in [1.807, 2.05) is 0 Å². The lowest BCUT2D eigenvalue weighted by atomic mass is 9.82. The standard InChI is InChI=1S/C15H16O5/c1-6-3-9(17)12-7(2)15(19)20-14(12)13-8(5-16)4-10(18)11(6)13/h4,9,12-14,16-17H,2-3,5H2,1H3/t9-,12+,13-,14-/m0/s1. The number of carbonyl (C=O) groups is 2. The third-order valence-corrected chi connectivity index (χ3v) is 4.45. The molecule has 5 nitrogen and oxygen atoms in total. The summed E-state index contributed by atoms with van der Waals surface area (Å²) in [5.74, 6) is -1.69. The summed E-state index contributed by atoms with van der Waals surface area (Å²) in [7, 11) is 0. The maximum absolute atomic E-state index is 12.1. The van der Waals surface area contributed by atoms with E-state index >= 15 is 0 Å². The molecule has 0 radical (unpaired) electrons. The molecule has 0 aromatic heterocycles. The Kier molecular flexibility index (Phi) is 2.92. The average Bonchev–Trinajstić information content (AvgIpc) is 2.83. The Labute approximate surface area is 116 Å². The summed E-state index contributed by atoms with van der Waals surface area (Å²) in [6.45, 7) is 5.23. The molecule has 0 amide bonds. The number of ketones is 1. The van der Waals surface area contributed by atoms with Crippen LogP contribution in [0.2, 0.25) is 0 Å². The second-order valence-corrected chi connectivity index (χ2v) is 5.61. The smallest absolute Gasteiger partial charge is 0.334 e. The molecule has 0 saturated carbocycles. The third-order valence-electron chi connectivity index (χ3n) is 4.45. The van der Waals surface area contributed by atoms with Gasteiger partial charge in [-0.25, -0.2) is 4.79 Å². The normalized spacial score (nSPS) is 36.5. The van der Waals surface area contributed by atoms with Gasteiger partial charge in [0.25, 0.3) is 0 Å². The quantitative estimate of drug-likeness (QED) is 0.531. The molecule has 4 atom stereocenters. The minimum Gasteiger partial charge on any atom is -0.457 e. The molecular weight excluding hydrogens is 260 g/mol. The molecule has 2 aliphatic carbocycles. The SMILES string of the molecule is C=C1C(=O)O[C@@H]2[C@H]3C(CO)=CC(=O)C3=C(C)C[C@H](O)[C@@H]12. The van der Waals surface area contributed by atoms with Crippen LogP contribution >= 0.6 is 0 Å². The van der Waals surface area contributed by atoms with Crippen LogP contribution < -0.4 is 0 Å². The Morgan fingerprint density at radius 3 is 2.80 bits per heavy atom. The molecule has 1 fully saturated rings. The molecule has 5 heteroatoms. The Bertz CT molecular complexity index is 583. The summed E-state index contributed by atoms with van der Waals surface area (Å²) in [5, 5.41) is 19.7. The largest absolute Gasteiger partial charge is 0.457 e. The Morgan fingerprint density at radius 1 is 1.45 bits per heavy atom. The van der Waals surface area contributed by atoms with E-state index in [2.05, 4.69) is 6.58 Å². The summed E-state index contributed by atoms with van der Waals surface area (Å²) in [4.78, 5) is 23.8. The highest BCUT2D eigenvalue weighted by Crippen LogP contribution is 2.47. The predicted octanol–water partition coefficient (Wildman–Crippen LogP) is 0.283. The highest BCUT2D eigenvalue weighted by molar-refractivity contribution is 6.09. The molecule has 2 N–H and O–H groups in total. The van der Waals surface area contributed by atoms with Crippen molar-refractivity contribution in [3.05, 3.63) is 34.9 Å². The molecule has 0 aromatic rings. The lowest BCUT2D eigenvalue weighted by Gasteiger charge is -2.25. The lowest BCUT2D eigenvalue weighted by molar-refractivity contribution is -0.140. The van der Waals surface area contributed by atoms with Gasteiger partial charge in [-0.15, -0.1) is 0 Å². The predicted molar refractivity (Wildman–Crippen MR) is 69.5 cm³/mol. The van der Waals surface area contributed by atoms with E-state index in [9.17, 15) is 19.8 Å². The van der Waals surface area contributed by atoms with Crippen LogP contribution in [0.3, 0.4) is 0 Å². The summed E-state index contributed by atoms with van der Waals surface area (Å²) >= 11 is 0. The maximum Gasteiger partial charge on any atom is 0.334 e. The van der Waals surface area contributed by atoms with Crippen molar-refractivity contribution < 1.29 is 24.5 Å². The first kappa shape index (κ1) is 13.3. The number of aliphatic hydroxyl groups excluding tert-OH is 2. The Morgan fingerprint density at radius 2 is 2.15 bits per heavy atom. The zero-order valence-electron chi connectivity index (χ0n) is 11.1. The molecule has 1 saturated heterocycles. The van der Waals surface area contributed by atoms with Crippen LogP contribution in [0.4, 0.5) is 0 Å². The molecule has 0 aromatic carbocycles. The highest BCUT2D eigenvalue weighted by atomic mass is 16.6. The van der Waals surface area contributed by atoms with E-state index in [0.29, 0.717) is 17.6 Å². The second kappa shape index (κ2) is 4.40. The van der Waals surface area contributed by atoms with Crippen LogP contribution in [0.1, 0.15) is 13.3 Å². The van der Waals surface area contributed by atoms with Gasteiger partial charge in [0.1, 0.15) is 6.10 Å². The summed E-state index contributed by atoms with van der Waals surface area (Å²) in [6.07, 6.45) is 0.265. The van der Waals surface area contributed by atoms with Crippen molar-refractivity contribution in [2.45, 2.75) is 25.6 Å². The summed E-state index contributed by atoms with van der Waals surface area (Å²) < 4.78 is 5.33. The monoisotopic (exact) mass is 276 g/mol. The maximum atomic E-state index is 12.1. The molecule has 1 aliphatic heterocycles. The topological polar surface area (TPSA) is 83.8 Å². The van der Waals surface area contributed by atoms with Gasteiger partial charge in [-0.1, -0.05) is 12.2 Å². The third kappa shape index (κ3) is 1.63. The van der Waals surface area contributed by atoms with Crippen molar-refractivity contribution in [2.75, 3.05) is 6.61 Å². The number of hydrogen-bond donors (Lipinski definition) is 2. The molecule has 3 aliphatic rings. The number of fused-ring (bicyclic) bond motifs is 3. The number of esters is 1. The van der Waals surface area contributed by atoms with Gasteiger partial charge < -0.3 is 14.9 Å². The molecule has 0 unspecified atom stereocenters. The number of carbonyl (C=O) groups excluding carboxylic acids is 2. The number of allylic oxidation sites excluding steroid dienone is 1. The van der Waals surface area contributed by atoms with Gasteiger partial charge in [0, 0.05) is 17.1 Å². The van der Waals surface area contributed by atoms with Crippen molar-refractivity contribution in [1.82, 2.24) is 0 Å². The summed E-state index contributed by atoms with van der Waals surface area (Å²) in [5.41, 5.74) is 2.11. The van der Waals surface area contributed by atoms with E-state index in [4.69, 9.17) is 4.74 Å². The second-order valence-electron chi connectivity index (χ2n) is 5.61. The first-order valence-electron chi connectivity index (χ1n) is 6.58. The summed E-state index contributed by atoms with van der Waals surface area (Å²) in [6, 6.07) is 0. The van der Waals surface area contributed by atoms with Crippen LogP contribution in [-0.2, 0) is 14.3 Å². The van der Waals surface area contributed by atoms with Crippen molar-refractivity contribution in [1.29, 1.82) is 0 Å².